The zero-order chi connectivity index (χ0) is 47.7. The number of aromatic hydroxyl groups is 1. The summed E-state index contributed by atoms with van der Waals surface area (Å²) in [6.45, 7) is -0.886. The Bertz CT molecular complexity index is 3140. The summed E-state index contributed by atoms with van der Waals surface area (Å²) in [5.74, 6) is -3.45. The highest BCUT2D eigenvalue weighted by Gasteiger charge is 2.26. The highest BCUT2D eigenvalue weighted by Crippen LogP contribution is 2.49. The van der Waals surface area contributed by atoms with Crippen molar-refractivity contribution in [3.8, 4) is 5.75 Å². The van der Waals surface area contributed by atoms with Crippen LogP contribution in [-0.2, 0) is 74.2 Å². The molecule has 0 aromatic heterocycles. The van der Waals surface area contributed by atoms with Crippen LogP contribution in [0.15, 0.2) is 125 Å². The van der Waals surface area contributed by atoms with Crippen LogP contribution in [0.1, 0.15) is 10.4 Å². The van der Waals surface area contributed by atoms with Gasteiger partial charge in [-0.2, -0.15) is 27.1 Å². The van der Waals surface area contributed by atoms with E-state index in [2.05, 4.69) is 48.7 Å². The number of fused-ring (bicyclic) bond motifs is 1. The van der Waals surface area contributed by atoms with Crippen molar-refractivity contribution in [2.75, 3.05) is 34.9 Å². The average Bonchev–Trinajstić information content (AvgIpc) is 3.23. The van der Waals surface area contributed by atoms with Crippen LogP contribution in [0.3, 0.4) is 0 Å². The van der Waals surface area contributed by atoms with Crippen molar-refractivity contribution < 1.29 is 90.3 Å². The molecule has 0 saturated carbocycles. The fourth-order valence-corrected chi connectivity index (χ4v) is 10.4. The fourth-order valence-electron chi connectivity index (χ4n) is 5.34. The number of phenolic OH excluding ortho intramolecular Hbond substituents is 1. The Balaban J connectivity index is 1.42. The maximum absolute atomic E-state index is 13.0. The number of carbonyl (C=O) groups excluding carboxylic acids is 1. The van der Waals surface area contributed by atoms with E-state index in [-0.39, 0.29) is 60.1 Å². The summed E-state index contributed by atoms with van der Waals surface area (Å²) in [7, 11) is -18.1. The summed E-state index contributed by atoms with van der Waals surface area (Å²) in [6, 6.07) is 16.9. The number of nitrogens with two attached hydrogens (primary N) is 1. The standard InChI is InChI=1S/C33H30N6O20S6/c34-29-28-20(17-27(64(49,50)51)31(29)39-37-22-8-10-24(11-9-22)62(45,46)14-12-55-65(52,53)54)16-26(60-58-56-42)30(32(28)40)38-36-21-6-4-19(5-7-21)33(41)35-23-2-1-3-25(18-23)63(47,48)15-13-61(44)59-57-43/h1-11,16-18,40,42-43H,12-15,34H2,(H,35,41)(H,49,50,51)(H,52,53,54). The number of anilines is 2. The van der Waals surface area contributed by atoms with Gasteiger partial charge in [-0.1, -0.05) is 16.1 Å². The molecule has 5 aromatic carbocycles. The van der Waals surface area contributed by atoms with E-state index in [1.165, 1.54) is 48.5 Å². The van der Waals surface area contributed by atoms with Crippen LogP contribution in [0.4, 0.5) is 34.1 Å². The number of hydrogen-bond donors (Lipinski definition) is 7. The van der Waals surface area contributed by atoms with Gasteiger partial charge in [0.05, 0.1) is 73.0 Å². The van der Waals surface area contributed by atoms with E-state index in [0.717, 1.165) is 36.4 Å². The Kier molecular flexibility index (Phi) is 16.5. The molecule has 0 saturated heterocycles. The minimum absolute atomic E-state index is 0.0704. The van der Waals surface area contributed by atoms with E-state index in [4.69, 9.17) is 20.8 Å². The number of nitrogens with one attached hydrogen (secondary N) is 1. The lowest BCUT2D eigenvalue weighted by atomic mass is 10.1. The minimum atomic E-state index is -5.13. The van der Waals surface area contributed by atoms with E-state index < -0.39 is 109 Å². The maximum atomic E-state index is 13.0. The van der Waals surface area contributed by atoms with Gasteiger partial charge in [-0.3, -0.25) is 13.9 Å². The SMILES string of the molecule is Nc1c(N=Nc2ccc(S(=O)(=O)CCOS(=O)(=O)O)cc2)c(S(=O)(=O)O)cc2cc(SOOO)c(N=Nc3ccc(C(=O)Nc4cccc(S(=O)(=O)CCS(=O)OOO)c4)cc3)c(O)c12. The Morgan fingerprint density at radius 2 is 1.37 bits per heavy atom. The molecule has 0 fully saturated rings. The lowest BCUT2D eigenvalue weighted by Crippen LogP contribution is -2.16. The molecule has 32 heteroatoms. The largest absolute Gasteiger partial charge is 0.505 e. The molecule has 1 amide bonds. The van der Waals surface area contributed by atoms with Crippen LogP contribution >= 0.6 is 12.0 Å². The summed E-state index contributed by atoms with van der Waals surface area (Å²) < 4.78 is 140. The molecule has 0 aliphatic rings. The van der Waals surface area contributed by atoms with Gasteiger partial charge in [0.25, 0.3) is 16.0 Å². The second kappa shape index (κ2) is 21.3. The number of benzene rings is 5. The van der Waals surface area contributed by atoms with Crippen molar-refractivity contribution in [2.45, 2.75) is 19.6 Å². The lowest BCUT2D eigenvalue weighted by molar-refractivity contribution is -0.434. The summed E-state index contributed by atoms with van der Waals surface area (Å²) in [4.78, 5) is 11.4. The van der Waals surface area contributed by atoms with E-state index >= 15 is 0 Å². The molecule has 5 rings (SSSR count). The van der Waals surface area contributed by atoms with Crippen LogP contribution < -0.4 is 11.1 Å². The van der Waals surface area contributed by atoms with Crippen molar-refractivity contribution >= 4 is 114 Å². The van der Waals surface area contributed by atoms with Crippen molar-refractivity contribution in [1.82, 2.24) is 0 Å². The molecule has 0 aliphatic carbocycles. The third kappa shape index (κ3) is 13.6. The van der Waals surface area contributed by atoms with Gasteiger partial charge in [0.15, 0.2) is 36.5 Å². The van der Waals surface area contributed by atoms with Gasteiger partial charge in [-0.25, -0.2) is 35.7 Å². The first-order chi connectivity index (χ1) is 30.5. The van der Waals surface area contributed by atoms with E-state index in [9.17, 15) is 52.3 Å². The maximum Gasteiger partial charge on any atom is 0.397 e. The molecule has 348 valence electrons. The smallest absolute Gasteiger partial charge is 0.397 e. The summed E-state index contributed by atoms with van der Waals surface area (Å²) in [6.07, 6.45) is 0. The molecule has 1 unspecified atom stereocenters. The van der Waals surface area contributed by atoms with Crippen LogP contribution in [0.5, 0.6) is 5.75 Å². The van der Waals surface area contributed by atoms with Gasteiger partial charge in [0.1, 0.15) is 16.3 Å². The average molecular weight is 1020 g/mol. The van der Waals surface area contributed by atoms with Gasteiger partial charge in [-0.05, 0) is 84.2 Å². The zero-order valence-electron chi connectivity index (χ0n) is 32.1. The minimum Gasteiger partial charge on any atom is -0.505 e. The second-order valence-corrected chi connectivity index (χ2v) is 21.1. The number of carbonyl (C=O) groups is 1. The predicted molar refractivity (Wildman–Crippen MR) is 226 cm³/mol. The number of phenols is 1. The Labute approximate surface area is 373 Å². The molecule has 0 aliphatic heterocycles. The van der Waals surface area contributed by atoms with Crippen molar-refractivity contribution in [1.29, 1.82) is 0 Å². The highest BCUT2D eigenvalue weighted by atomic mass is 32.3. The molecule has 0 bridgehead atoms. The first-order valence-electron chi connectivity index (χ1n) is 17.2. The quantitative estimate of drug-likeness (QED) is 0.0122. The van der Waals surface area contributed by atoms with E-state index in [0.29, 0.717) is 0 Å². The molecule has 1 atom stereocenters. The first kappa shape index (κ1) is 50.6. The predicted octanol–water partition coefficient (Wildman–Crippen LogP) is 5.34. The van der Waals surface area contributed by atoms with Crippen molar-refractivity contribution in [3.63, 3.8) is 0 Å². The van der Waals surface area contributed by atoms with Gasteiger partial charge >= 0.3 is 10.4 Å². The molecule has 5 aromatic rings. The van der Waals surface area contributed by atoms with Gasteiger partial charge in [0.2, 0.25) is 0 Å². The topological polar surface area (TPSA) is 405 Å². The van der Waals surface area contributed by atoms with Gasteiger partial charge in [-0.15, -0.1) is 18.9 Å². The lowest BCUT2D eigenvalue weighted by Gasteiger charge is -2.14. The number of sulfone groups is 2. The number of amides is 1. The van der Waals surface area contributed by atoms with Crippen LogP contribution in [0.2, 0.25) is 0 Å². The Hall–Kier alpha value is -5.43. The van der Waals surface area contributed by atoms with Crippen LogP contribution in [0, 0.1) is 0 Å². The van der Waals surface area contributed by atoms with Crippen molar-refractivity contribution in [3.05, 3.63) is 90.5 Å². The Morgan fingerprint density at radius 3 is 1.97 bits per heavy atom. The Morgan fingerprint density at radius 1 is 0.754 bits per heavy atom. The number of nitrogen functional groups attached to an aromatic ring is 1. The highest BCUT2D eigenvalue weighted by molar-refractivity contribution is 7.94. The molecular weight excluding hydrogens is 993 g/mol. The first-order valence-corrected chi connectivity index (χ1v) is 25.3. The molecule has 65 heavy (non-hydrogen) atoms. The van der Waals surface area contributed by atoms with E-state index in [1.54, 1.807) is 0 Å². The number of nitrogens with zero attached hydrogens (tertiary/aromatic N) is 4. The van der Waals surface area contributed by atoms with E-state index in [1.807, 2.05) is 0 Å². The summed E-state index contributed by atoms with van der Waals surface area (Å²) >= 11 is -1.98. The third-order valence-corrected chi connectivity index (χ3v) is 14.6. The number of hydrogen-bond acceptors (Lipinski definition) is 24. The van der Waals surface area contributed by atoms with Gasteiger partial charge in [0, 0.05) is 11.3 Å². The molecule has 0 radical (unpaired) electrons. The van der Waals surface area contributed by atoms with Crippen molar-refractivity contribution in [2.24, 2.45) is 20.5 Å². The van der Waals surface area contributed by atoms with Crippen LogP contribution in [0.25, 0.3) is 10.8 Å². The summed E-state index contributed by atoms with van der Waals surface area (Å²) in [5, 5.41) is 53.3. The zero-order valence-corrected chi connectivity index (χ0v) is 37.0. The number of rotatable bonds is 21. The van der Waals surface area contributed by atoms with Gasteiger partial charge < -0.3 is 16.2 Å². The monoisotopic (exact) mass is 1020 g/mol. The third-order valence-electron chi connectivity index (χ3n) is 8.26. The summed E-state index contributed by atoms with van der Waals surface area (Å²) in [5.41, 5.74) is 4.83. The molecule has 8 N–H and O–H groups in total. The normalized spacial score (nSPS) is 13.2. The van der Waals surface area contributed by atoms with Crippen LogP contribution in [-0.4, -0.2) is 92.4 Å². The molecule has 26 nitrogen and oxygen atoms in total. The second-order valence-electron chi connectivity index (χ2n) is 12.5. The fraction of sp³-hybridized carbons (Fsp3) is 0.121. The molecule has 0 heterocycles. The number of azo groups is 2. The molecule has 0 spiro atoms. The molecular formula is C33H30N6O20S6.